The lowest BCUT2D eigenvalue weighted by Gasteiger charge is -2.10. The molecular formula is C12H13F3O2. The van der Waals surface area contributed by atoms with Crippen LogP contribution in [0.1, 0.15) is 31.7 Å². The van der Waals surface area contributed by atoms with Crippen LogP contribution in [0.4, 0.5) is 13.2 Å². The molecule has 1 aromatic rings. The van der Waals surface area contributed by atoms with E-state index < -0.39 is 12.1 Å². The number of carbonyl (C=O) groups is 1. The molecule has 2 nitrogen and oxygen atoms in total. The van der Waals surface area contributed by atoms with E-state index >= 15 is 0 Å². The van der Waals surface area contributed by atoms with Gasteiger partial charge in [0.25, 0.3) is 0 Å². The first-order chi connectivity index (χ1) is 7.84. The van der Waals surface area contributed by atoms with Crippen LogP contribution in [-0.2, 0) is 4.79 Å². The summed E-state index contributed by atoms with van der Waals surface area (Å²) >= 11 is 0. The Balaban J connectivity index is 2.72. The number of alkyl halides is 3. The lowest BCUT2D eigenvalue weighted by atomic mass is 9.99. The Labute approximate surface area is 97.4 Å². The summed E-state index contributed by atoms with van der Waals surface area (Å²) in [4.78, 5) is 10.6. The second-order valence-electron chi connectivity index (χ2n) is 3.77. The smallest absolute Gasteiger partial charge is 0.420 e. The first-order valence-corrected chi connectivity index (χ1v) is 5.23. The molecule has 1 atom stereocenters. The van der Waals surface area contributed by atoms with Crippen molar-refractivity contribution in [3.63, 3.8) is 0 Å². The number of rotatable bonds is 3. The summed E-state index contributed by atoms with van der Waals surface area (Å²) in [6.45, 7) is 4.03. The van der Waals surface area contributed by atoms with Gasteiger partial charge in [0.05, 0.1) is 0 Å². The Kier molecular flexibility index (Phi) is 4.15. The molecule has 5 heteroatoms. The number of benzene rings is 1. The van der Waals surface area contributed by atoms with E-state index in [1.54, 1.807) is 12.1 Å². The van der Waals surface area contributed by atoms with Gasteiger partial charge in [-0.2, -0.15) is 13.2 Å². The molecule has 0 aromatic heterocycles. The van der Waals surface area contributed by atoms with Gasteiger partial charge in [-0.1, -0.05) is 26.0 Å². The third kappa shape index (κ3) is 3.76. The van der Waals surface area contributed by atoms with Crippen LogP contribution in [0.3, 0.4) is 0 Å². The first-order valence-electron chi connectivity index (χ1n) is 5.23. The molecule has 17 heavy (non-hydrogen) atoms. The minimum Gasteiger partial charge on any atom is -0.420 e. The maximum absolute atomic E-state index is 11.9. The average molecular weight is 246 g/mol. The summed E-state index contributed by atoms with van der Waals surface area (Å²) in [5.41, 5.74) is 0.999. The van der Waals surface area contributed by atoms with E-state index in [-0.39, 0.29) is 5.75 Å². The summed E-state index contributed by atoms with van der Waals surface area (Å²) in [7, 11) is 0. The molecule has 1 unspecified atom stereocenters. The fourth-order valence-corrected chi connectivity index (χ4v) is 1.27. The highest BCUT2D eigenvalue weighted by Gasteiger charge is 2.41. The van der Waals surface area contributed by atoms with Crippen LogP contribution in [-0.4, -0.2) is 12.1 Å². The fourth-order valence-electron chi connectivity index (χ4n) is 1.27. The Hall–Kier alpha value is -1.52. The highest BCUT2D eigenvalue weighted by Crippen LogP contribution is 2.23. The molecule has 0 heterocycles. The number of hydrogen-bond acceptors (Lipinski definition) is 2. The normalized spacial score (nSPS) is 13.2. The molecular weight excluding hydrogens is 233 g/mol. The predicted octanol–water partition coefficient (Wildman–Crippen LogP) is 3.67. The third-order valence-electron chi connectivity index (χ3n) is 2.50. The molecule has 0 spiro atoms. The Morgan fingerprint density at radius 1 is 1.29 bits per heavy atom. The van der Waals surface area contributed by atoms with Crippen molar-refractivity contribution >= 4 is 5.97 Å². The molecule has 0 saturated heterocycles. The van der Waals surface area contributed by atoms with Gasteiger partial charge < -0.3 is 4.74 Å². The van der Waals surface area contributed by atoms with Gasteiger partial charge >= 0.3 is 12.1 Å². The summed E-state index contributed by atoms with van der Waals surface area (Å²) < 4.78 is 40.0. The Bertz CT molecular complexity index is 382. The fraction of sp³-hybridized carbons (Fsp3) is 0.417. The summed E-state index contributed by atoms with van der Waals surface area (Å²) in [5.74, 6) is -1.98. The van der Waals surface area contributed by atoms with Crippen molar-refractivity contribution in [3.05, 3.63) is 29.8 Å². The van der Waals surface area contributed by atoms with Crippen molar-refractivity contribution in [2.75, 3.05) is 0 Å². The van der Waals surface area contributed by atoms with E-state index in [1.807, 2.05) is 13.8 Å². The van der Waals surface area contributed by atoms with Crippen molar-refractivity contribution in [3.8, 4) is 5.75 Å². The van der Waals surface area contributed by atoms with Crippen LogP contribution in [0.15, 0.2) is 24.3 Å². The summed E-state index contributed by atoms with van der Waals surface area (Å²) in [6, 6.07) is 6.05. The second-order valence-corrected chi connectivity index (χ2v) is 3.77. The lowest BCUT2D eigenvalue weighted by Crippen LogP contribution is -2.27. The Morgan fingerprint density at radius 3 is 2.24 bits per heavy atom. The zero-order valence-electron chi connectivity index (χ0n) is 9.54. The van der Waals surface area contributed by atoms with Crippen LogP contribution in [0.25, 0.3) is 0 Å². The predicted molar refractivity (Wildman–Crippen MR) is 56.8 cm³/mol. The maximum Gasteiger partial charge on any atom is 0.491 e. The number of halogens is 3. The van der Waals surface area contributed by atoms with Gasteiger partial charge in [0, 0.05) is 0 Å². The number of hydrogen-bond donors (Lipinski definition) is 0. The van der Waals surface area contributed by atoms with Crippen LogP contribution in [0.5, 0.6) is 5.75 Å². The van der Waals surface area contributed by atoms with Gasteiger partial charge in [0.2, 0.25) is 0 Å². The Morgan fingerprint density at radius 2 is 1.82 bits per heavy atom. The minimum atomic E-state index is -4.96. The van der Waals surface area contributed by atoms with E-state index in [1.165, 1.54) is 12.1 Å². The molecule has 1 aromatic carbocycles. The van der Waals surface area contributed by atoms with Gasteiger partial charge in [-0.15, -0.1) is 0 Å². The van der Waals surface area contributed by atoms with Crippen LogP contribution >= 0.6 is 0 Å². The maximum atomic E-state index is 11.9. The standard InChI is InChI=1S/C12H13F3O2/c1-3-8(2)9-4-6-10(7-5-9)17-11(16)12(13,14)15/h4-8H,3H2,1-2H3. The van der Waals surface area contributed by atoms with E-state index in [4.69, 9.17) is 0 Å². The highest BCUT2D eigenvalue weighted by molar-refractivity contribution is 5.78. The monoisotopic (exact) mass is 246 g/mol. The highest BCUT2D eigenvalue weighted by atomic mass is 19.4. The quantitative estimate of drug-likeness (QED) is 0.600. The molecule has 0 N–H and O–H groups in total. The van der Waals surface area contributed by atoms with Crippen molar-refractivity contribution in [1.82, 2.24) is 0 Å². The van der Waals surface area contributed by atoms with Crippen molar-refractivity contribution < 1.29 is 22.7 Å². The third-order valence-corrected chi connectivity index (χ3v) is 2.50. The van der Waals surface area contributed by atoms with E-state index in [0.717, 1.165) is 12.0 Å². The van der Waals surface area contributed by atoms with Crippen molar-refractivity contribution in [1.29, 1.82) is 0 Å². The van der Waals surface area contributed by atoms with Gasteiger partial charge in [-0.3, -0.25) is 0 Å². The molecule has 0 bridgehead atoms. The van der Waals surface area contributed by atoms with Crippen molar-refractivity contribution in [2.24, 2.45) is 0 Å². The molecule has 94 valence electrons. The first kappa shape index (κ1) is 13.5. The van der Waals surface area contributed by atoms with Crippen LogP contribution in [0.2, 0.25) is 0 Å². The van der Waals surface area contributed by atoms with Gasteiger partial charge in [0.1, 0.15) is 5.75 Å². The van der Waals surface area contributed by atoms with E-state index in [9.17, 15) is 18.0 Å². The number of ether oxygens (including phenoxy) is 1. The van der Waals surface area contributed by atoms with Gasteiger partial charge in [0.15, 0.2) is 0 Å². The van der Waals surface area contributed by atoms with Crippen LogP contribution in [0, 0.1) is 0 Å². The average Bonchev–Trinajstić information content (AvgIpc) is 2.27. The van der Waals surface area contributed by atoms with Crippen molar-refractivity contribution in [2.45, 2.75) is 32.4 Å². The summed E-state index contributed by atoms with van der Waals surface area (Å²) in [6.07, 6.45) is -4.03. The number of esters is 1. The minimum absolute atomic E-state index is 0.0978. The molecule has 0 aliphatic rings. The molecule has 0 amide bonds. The second kappa shape index (κ2) is 5.21. The molecule has 1 rings (SSSR count). The lowest BCUT2D eigenvalue weighted by molar-refractivity contribution is -0.189. The summed E-state index contributed by atoms with van der Waals surface area (Å²) in [5, 5.41) is 0. The largest absolute Gasteiger partial charge is 0.491 e. The molecule has 0 aliphatic heterocycles. The molecule has 0 saturated carbocycles. The van der Waals surface area contributed by atoms with E-state index in [0.29, 0.717) is 5.92 Å². The zero-order valence-corrected chi connectivity index (χ0v) is 9.54. The van der Waals surface area contributed by atoms with Gasteiger partial charge in [-0.05, 0) is 30.0 Å². The molecule has 0 radical (unpaired) electrons. The van der Waals surface area contributed by atoms with Gasteiger partial charge in [-0.25, -0.2) is 4.79 Å². The number of carbonyl (C=O) groups excluding carboxylic acids is 1. The SMILES string of the molecule is CCC(C)c1ccc(OC(=O)C(F)(F)F)cc1. The topological polar surface area (TPSA) is 26.3 Å². The zero-order chi connectivity index (χ0) is 13.1. The van der Waals surface area contributed by atoms with Crippen LogP contribution < -0.4 is 4.74 Å². The molecule has 0 aliphatic carbocycles. The van der Waals surface area contributed by atoms with E-state index in [2.05, 4.69) is 4.74 Å². The molecule has 0 fully saturated rings.